The van der Waals surface area contributed by atoms with Crippen molar-refractivity contribution in [2.24, 2.45) is 0 Å². The summed E-state index contributed by atoms with van der Waals surface area (Å²) in [5.41, 5.74) is 2.20. The summed E-state index contributed by atoms with van der Waals surface area (Å²) in [6.07, 6.45) is 4.96. The van der Waals surface area contributed by atoms with Crippen molar-refractivity contribution < 1.29 is 9.53 Å². The molecule has 1 N–H and O–H groups in total. The molecule has 0 aliphatic heterocycles. The molecule has 0 unspecified atom stereocenters. The first-order valence-electron chi connectivity index (χ1n) is 7.76. The molecule has 0 fully saturated rings. The number of carbonyl (C=O) groups is 1. The molecule has 0 aliphatic carbocycles. The number of anilines is 1. The minimum atomic E-state index is -0.444. The lowest BCUT2D eigenvalue weighted by Gasteiger charge is -2.09. The lowest BCUT2D eigenvalue weighted by atomic mass is 10.3. The number of aryl methyl sites for hydroxylation is 1. The van der Waals surface area contributed by atoms with E-state index in [-0.39, 0.29) is 0 Å². The summed E-state index contributed by atoms with van der Waals surface area (Å²) in [6.45, 7) is 4.28. The first-order chi connectivity index (χ1) is 12.2. The predicted octanol–water partition coefficient (Wildman–Crippen LogP) is 3.09. The Balaban J connectivity index is 1.75. The van der Waals surface area contributed by atoms with Gasteiger partial charge in [0.2, 0.25) is 0 Å². The number of carbonyl (C=O) groups excluding carboxylic acids is 1. The highest BCUT2D eigenvalue weighted by atomic mass is 32.1. The maximum absolute atomic E-state index is 12.0. The molecule has 8 heteroatoms. The van der Waals surface area contributed by atoms with E-state index in [0.717, 1.165) is 16.3 Å². The first kappa shape index (κ1) is 17.0. The lowest BCUT2D eigenvalue weighted by molar-refractivity contribution is 0.0526. The molecule has 0 saturated carbocycles. The second-order valence-electron chi connectivity index (χ2n) is 5.13. The van der Waals surface area contributed by atoms with Gasteiger partial charge in [-0.3, -0.25) is 4.98 Å². The van der Waals surface area contributed by atoms with Gasteiger partial charge in [0, 0.05) is 29.5 Å². The molecule has 0 aliphatic rings. The van der Waals surface area contributed by atoms with Crippen LogP contribution in [0.15, 0.2) is 36.1 Å². The van der Waals surface area contributed by atoms with E-state index < -0.39 is 5.97 Å². The Kier molecular flexibility index (Phi) is 5.30. The number of ether oxygens (including phenoxy) is 1. The molecule has 3 rings (SSSR count). The van der Waals surface area contributed by atoms with Gasteiger partial charge in [0.15, 0.2) is 0 Å². The standard InChI is InChI=1S/C17H17N5O2S/c1-3-24-17(23)14-9-19-11(2)21-15(14)20-8-13-10-25-16(22-13)12-4-6-18-7-5-12/h4-7,9-10H,3,8H2,1-2H3,(H,19,20,21). The van der Waals surface area contributed by atoms with E-state index in [1.807, 2.05) is 17.5 Å². The maximum Gasteiger partial charge on any atom is 0.343 e. The van der Waals surface area contributed by atoms with Crippen molar-refractivity contribution in [2.75, 3.05) is 11.9 Å². The van der Waals surface area contributed by atoms with Crippen LogP contribution in [0.1, 0.15) is 28.8 Å². The van der Waals surface area contributed by atoms with Gasteiger partial charge in [-0.25, -0.2) is 19.7 Å². The van der Waals surface area contributed by atoms with E-state index in [4.69, 9.17) is 4.74 Å². The third-order valence-electron chi connectivity index (χ3n) is 3.32. The lowest BCUT2D eigenvalue weighted by Crippen LogP contribution is -2.13. The predicted molar refractivity (Wildman–Crippen MR) is 95.4 cm³/mol. The zero-order valence-corrected chi connectivity index (χ0v) is 14.7. The highest BCUT2D eigenvalue weighted by molar-refractivity contribution is 7.13. The minimum Gasteiger partial charge on any atom is -0.462 e. The van der Waals surface area contributed by atoms with Crippen molar-refractivity contribution in [1.29, 1.82) is 0 Å². The molecule has 3 heterocycles. The molecule has 3 aromatic heterocycles. The molecule has 0 saturated heterocycles. The van der Waals surface area contributed by atoms with Crippen molar-refractivity contribution in [1.82, 2.24) is 19.9 Å². The summed E-state index contributed by atoms with van der Waals surface area (Å²) >= 11 is 1.56. The Bertz CT molecular complexity index is 866. The monoisotopic (exact) mass is 355 g/mol. The average molecular weight is 355 g/mol. The number of nitrogens with zero attached hydrogens (tertiary/aromatic N) is 4. The fourth-order valence-electron chi connectivity index (χ4n) is 2.15. The SMILES string of the molecule is CCOC(=O)c1cnc(C)nc1NCc1csc(-c2ccncc2)n1. The summed E-state index contributed by atoms with van der Waals surface area (Å²) in [5.74, 6) is 0.580. The van der Waals surface area contributed by atoms with Crippen LogP contribution in [0.25, 0.3) is 10.6 Å². The summed E-state index contributed by atoms with van der Waals surface area (Å²) < 4.78 is 5.04. The number of aromatic nitrogens is 4. The fraction of sp³-hybridized carbons (Fsp3) is 0.235. The normalized spacial score (nSPS) is 10.5. The highest BCUT2D eigenvalue weighted by Crippen LogP contribution is 2.23. The van der Waals surface area contributed by atoms with Crippen LogP contribution in [0.5, 0.6) is 0 Å². The van der Waals surface area contributed by atoms with Crippen molar-refractivity contribution in [3.63, 3.8) is 0 Å². The first-order valence-corrected chi connectivity index (χ1v) is 8.64. The van der Waals surface area contributed by atoms with Gasteiger partial charge in [-0.05, 0) is 26.0 Å². The molecule has 7 nitrogen and oxygen atoms in total. The molecular weight excluding hydrogens is 338 g/mol. The van der Waals surface area contributed by atoms with Crippen LogP contribution >= 0.6 is 11.3 Å². The quantitative estimate of drug-likeness (QED) is 0.680. The third-order valence-corrected chi connectivity index (χ3v) is 4.26. The second kappa shape index (κ2) is 7.80. The third kappa shape index (κ3) is 4.16. The smallest absolute Gasteiger partial charge is 0.343 e. The molecule has 128 valence electrons. The number of hydrogen-bond acceptors (Lipinski definition) is 8. The molecule has 3 aromatic rings. The molecule has 25 heavy (non-hydrogen) atoms. The van der Waals surface area contributed by atoms with Crippen LogP contribution < -0.4 is 5.32 Å². The zero-order valence-electron chi connectivity index (χ0n) is 13.9. The molecule has 0 radical (unpaired) electrons. The number of hydrogen-bond donors (Lipinski definition) is 1. The Labute approximate surface area is 149 Å². The average Bonchev–Trinajstić information content (AvgIpc) is 3.10. The molecule has 0 amide bonds. The van der Waals surface area contributed by atoms with Crippen LogP contribution in [-0.4, -0.2) is 32.5 Å². The second-order valence-corrected chi connectivity index (χ2v) is 5.99. The molecule has 0 spiro atoms. The van der Waals surface area contributed by atoms with Gasteiger partial charge in [-0.15, -0.1) is 11.3 Å². The maximum atomic E-state index is 12.0. The molecule has 0 bridgehead atoms. The van der Waals surface area contributed by atoms with Crippen LogP contribution in [0.2, 0.25) is 0 Å². The Hall–Kier alpha value is -2.87. The van der Waals surface area contributed by atoms with E-state index in [0.29, 0.717) is 30.4 Å². The van der Waals surface area contributed by atoms with E-state index >= 15 is 0 Å². The number of pyridine rings is 1. The zero-order chi connectivity index (χ0) is 17.6. The largest absolute Gasteiger partial charge is 0.462 e. The topological polar surface area (TPSA) is 89.9 Å². The number of esters is 1. The summed E-state index contributed by atoms with van der Waals surface area (Å²) in [6, 6.07) is 3.84. The minimum absolute atomic E-state index is 0.299. The van der Waals surface area contributed by atoms with E-state index in [1.54, 1.807) is 37.6 Å². The van der Waals surface area contributed by atoms with Gasteiger partial charge in [0.1, 0.15) is 22.2 Å². The van der Waals surface area contributed by atoms with Crippen LogP contribution in [0.4, 0.5) is 5.82 Å². The van der Waals surface area contributed by atoms with Gasteiger partial charge >= 0.3 is 5.97 Å². The van der Waals surface area contributed by atoms with E-state index in [1.165, 1.54) is 6.20 Å². The van der Waals surface area contributed by atoms with Crippen LogP contribution in [0, 0.1) is 6.92 Å². The Morgan fingerprint density at radius 3 is 2.84 bits per heavy atom. The van der Waals surface area contributed by atoms with Crippen molar-refractivity contribution in [3.05, 3.63) is 53.2 Å². The summed E-state index contributed by atoms with van der Waals surface area (Å²) in [5, 5.41) is 6.05. The Morgan fingerprint density at radius 1 is 1.28 bits per heavy atom. The van der Waals surface area contributed by atoms with Gasteiger partial charge in [0.25, 0.3) is 0 Å². The van der Waals surface area contributed by atoms with E-state index in [2.05, 4.69) is 25.3 Å². The van der Waals surface area contributed by atoms with Crippen molar-refractivity contribution >= 4 is 23.1 Å². The number of thiazole rings is 1. The molecule has 0 atom stereocenters. The van der Waals surface area contributed by atoms with Gasteiger partial charge in [-0.1, -0.05) is 0 Å². The van der Waals surface area contributed by atoms with Crippen molar-refractivity contribution in [2.45, 2.75) is 20.4 Å². The van der Waals surface area contributed by atoms with E-state index in [9.17, 15) is 4.79 Å². The van der Waals surface area contributed by atoms with Gasteiger partial charge < -0.3 is 10.1 Å². The number of rotatable bonds is 6. The Morgan fingerprint density at radius 2 is 2.08 bits per heavy atom. The summed E-state index contributed by atoms with van der Waals surface area (Å²) in [7, 11) is 0. The summed E-state index contributed by atoms with van der Waals surface area (Å²) in [4.78, 5) is 29.0. The van der Waals surface area contributed by atoms with Crippen LogP contribution in [0.3, 0.4) is 0 Å². The van der Waals surface area contributed by atoms with Crippen molar-refractivity contribution in [3.8, 4) is 10.6 Å². The molecule has 0 aromatic carbocycles. The van der Waals surface area contributed by atoms with Gasteiger partial charge in [0.05, 0.1) is 18.8 Å². The highest BCUT2D eigenvalue weighted by Gasteiger charge is 2.15. The van der Waals surface area contributed by atoms with Crippen LogP contribution in [-0.2, 0) is 11.3 Å². The number of nitrogens with one attached hydrogen (secondary N) is 1. The van der Waals surface area contributed by atoms with Gasteiger partial charge in [-0.2, -0.15) is 0 Å². The molecular formula is C17H17N5O2S. The fourth-order valence-corrected chi connectivity index (χ4v) is 2.98.